The summed E-state index contributed by atoms with van der Waals surface area (Å²) in [6.07, 6.45) is 2.33. The average Bonchev–Trinajstić information content (AvgIpc) is 2.73. The lowest BCUT2D eigenvalue weighted by Crippen LogP contribution is -2.23. The van der Waals surface area contributed by atoms with E-state index in [2.05, 4.69) is 19.7 Å². The van der Waals surface area contributed by atoms with Gasteiger partial charge in [-0.05, 0) is 6.92 Å². The number of sulfonamides is 1. The summed E-state index contributed by atoms with van der Waals surface area (Å²) in [6, 6.07) is 0. The Balaban J connectivity index is 2.10. The third-order valence-corrected chi connectivity index (χ3v) is 4.25. The van der Waals surface area contributed by atoms with E-state index in [0.717, 1.165) is 17.4 Å². The van der Waals surface area contributed by atoms with E-state index >= 15 is 0 Å². The molecule has 0 aliphatic carbocycles. The zero-order chi connectivity index (χ0) is 13.2. The van der Waals surface area contributed by atoms with Crippen molar-refractivity contribution in [2.75, 3.05) is 5.73 Å². The van der Waals surface area contributed by atoms with Crippen molar-refractivity contribution < 1.29 is 8.42 Å². The number of hydrogen-bond donors (Lipinski definition) is 2. The first-order valence-corrected chi connectivity index (χ1v) is 7.32. The number of anilines is 1. The van der Waals surface area contributed by atoms with Gasteiger partial charge in [-0.25, -0.2) is 28.1 Å². The van der Waals surface area contributed by atoms with Crippen LogP contribution in [0.15, 0.2) is 22.7 Å². The third-order valence-electron chi connectivity index (χ3n) is 2.07. The Bertz CT molecular complexity index is 635. The van der Waals surface area contributed by atoms with Crippen LogP contribution < -0.4 is 10.5 Å². The van der Waals surface area contributed by atoms with Crippen molar-refractivity contribution in [3.05, 3.63) is 28.5 Å². The zero-order valence-corrected chi connectivity index (χ0v) is 11.1. The van der Waals surface area contributed by atoms with Crippen molar-refractivity contribution in [1.82, 2.24) is 19.7 Å². The zero-order valence-electron chi connectivity index (χ0n) is 9.49. The molecule has 18 heavy (non-hydrogen) atoms. The Kier molecular flexibility index (Phi) is 3.55. The van der Waals surface area contributed by atoms with Gasteiger partial charge in [-0.3, -0.25) is 0 Å². The maximum absolute atomic E-state index is 11.9. The maximum Gasteiger partial charge on any atom is 0.244 e. The monoisotopic (exact) mass is 285 g/mol. The van der Waals surface area contributed by atoms with Gasteiger partial charge in [-0.2, -0.15) is 0 Å². The molecule has 0 aromatic carbocycles. The van der Waals surface area contributed by atoms with Gasteiger partial charge in [0.1, 0.15) is 4.90 Å². The molecule has 0 bridgehead atoms. The second kappa shape index (κ2) is 4.96. The summed E-state index contributed by atoms with van der Waals surface area (Å²) in [5, 5.41) is 2.69. The van der Waals surface area contributed by atoms with E-state index in [1.54, 1.807) is 5.38 Å². The first-order chi connectivity index (χ1) is 8.47. The number of nitrogens with one attached hydrogen (secondary N) is 1. The van der Waals surface area contributed by atoms with Crippen molar-refractivity contribution in [3.63, 3.8) is 0 Å². The molecule has 0 unspecified atom stereocenters. The lowest BCUT2D eigenvalue weighted by molar-refractivity contribution is 0.579. The van der Waals surface area contributed by atoms with Gasteiger partial charge >= 0.3 is 0 Å². The van der Waals surface area contributed by atoms with Crippen molar-refractivity contribution in [2.45, 2.75) is 18.4 Å². The molecule has 7 nitrogen and oxygen atoms in total. The molecule has 3 N–H and O–H groups in total. The molecule has 96 valence electrons. The minimum Gasteiger partial charge on any atom is -0.368 e. The van der Waals surface area contributed by atoms with Crippen LogP contribution in [0.4, 0.5) is 5.95 Å². The van der Waals surface area contributed by atoms with Crippen molar-refractivity contribution in [2.24, 2.45) is 0 Å². The summed E-state index contributed by atoms with van der Waals surface area (Å²) in [5.74, 6) is 0.0316. The highest BCUT2D eigenvalue weighted by molar-refractivity contribution is 7.89. The Labute approximate surface area is 108 Å². The number of aryl methyl sites for hydroxylation is 1. The van der Waals surface area contributed by atoms with Crippen LogP contribution in [0.3, 0.4) is 0 Å². The largest absolute Gasteiger partial charge is 0.368 e. The van der Waals surface area contributed by atoms with Crippen LogP contribution in [0.5, 0.6) is 0 Å². The Morgan fingerprint density at radius 1 is 1.39 bits per heavy atom. The van der Waals surface area contributed by atoms with Crippen LogP contribution in [0.2, 0.25) is 0 Å². The molecule has 0 fully saturated rings. The molecule has 0 saturated heterocycles. The molecular weight excluding hydrogens is 274 g/mol. The molecule has 2 rings (SSSR count). The molecular formula is C9H11N5O2S2. The smallest absolute Gasteiger partial charge is 0.244 e. The van der Waals surface area contributed by atoms with Crippen molar-refractivity contribution in [3.8, 4) is 0 Å². The predicted molar refractivity (Wildman–Crippen MR) is 67.3 cm³/mol. The molecule has 9 heteroatoms. The minimum atomic E-state index is -3.63. The normalized spacial score (nSPS) is 11.6. The third kappa shape index (κ3) is 3.00. The molecule has 2 aromatic heterocycles. The lowest BCUT2D eigenvalue weighted by Gasteiger charge is -2.04. The second-order valence-corrected chi connectivity index (χ2v) is 6.29. The summed E-state index contributed by atoms with van der Waals surface area (Å²) in [6.45, 7) is 1.99. The average molecular weight is 285 g/mol. The Hall–Kier alpha value is -1.58. The van der Waals surface area contributed by atoms with Crippen molar-refractivity contribution in [1.29, 1.82) is 0 Å². The number of thiazole rings is 1. The number of nitrogen functional groups attached to an aromatic ring is 1. The Morgan fingerprint density at radius 2 is 2.06 bits per heavy atom. The molecule has 0 radical (unpaired) electrons. The molecule has 2 heterocycles. The van der Waals surface area contributed by atoms with Crippen LogP contribution in [0.1, 0.15) is 10.7 Å². The number of aromatic nitrogens is 3. The summed E-state index contributed by atoms with van der Waals surface area (Å²) >= 11 is 1.47. The van der Waals surface area contributed by atoms with Gasteiger partial charge in [0.15, 0.2) is 0 Å². The molecule has 0 atom stereocenters. The SMILES string of the molecule is Cc1nc(CNS(=O)(=O)c2cnc(N)nc2)cs1. The highest BCUT2D eigenvalue weighted by Crippen LogP contribution is 2.10. The van der Waals surface area contributed by atoms with Gasteiger partial charge < -0.3 is 5.73 Å². The Morgan fingerprint density at radius 3 is 2.61 bits per heavy atom. The van der Waals surface area contributed by atoms with E-state index < -0.39 is 10.0 Å². The quantitative estimate of drug-likeness (QED) is 0.836. The number of hydrogen-bond acceptors (Lipinski definition) is 7. The molecule has 0 amide bonds. The fourth-order valence-corrected chi connectivity index (χ4v) is 2.71. The van der Waals surface area contributed by atoms with Gasteiger partial charge in [-0.15, -0.1) is 11.3 Å². The van der Waals surface area contributed by atoms with E-state index in [1.165, 1.54) is 11.3 Å². The molecule has 2 aromatic rings. The highest BCUT2D eigenvalue weighted by atomic mass is 32.2. The van der Waals surface area contributed by atoms with Crippen LogP contribution in [0.25, 0.3) is 0 Å². The fraction of sp³-hybridized carbons (Fsp3) is 0.222. The lowest BCUT2D eigenvalue weighted by atomic mass is 10.5. The second-order valence-electron chi connectivity index (χ2n) is 3.46. The van der Waals surface area contributed by atoms with Gasteiger partial charge in [0.25, 0.3) is 0 Å². The highest BCUT2D eigenvalue weighted by Gasteiger charge is 2.15. The molecule has 0 saturated carbocycles. The predicted octanol–water partition coefficient (Wildman–Crippen LogP) is 0.302. The van der Waals surface area contributed by atoms with Gasteiger partial charge in [0, 0.05) is 5.38 Å². The first kappa shape index (κ1) is 12.9. The van der Waals surface area contributed by atoms with Crippen molar-refractivity contribution >= 4 is 27.3 Å². The number of rotatable bonds is 4. The summed E-state index contributed by atoms with van der Waals surface area (Å²) in [5.41, 5.74) is 5.97. The summed E-state index contributed by atoms with van der Waals surface area (Å²) < 4.78 is 26.2. The summed E-state index contributed by atoms with van der Waals surface area (Å²) in [7, 11) is -3.63. The van der Waals surface area contributed by atoms with Gasteiger partial charge in [-0.1, -0.05) is 0 Å². The number of nitrogens with zero attached hydrogens (tertiary/aromatic N) is 3. The first-order valence-electron chi connectivity index (χ1n) is 4.95. The van der Waals surface area contributed by atoms with Crippen LogP contribution in [-0.4, -0.2) is 23.4 Å². The molecule has 0 spiro atoms. The van der Waals surface area contributed by atoms with E-state index in [9.17, 15) is 8.42 Å². The van der Waals surface area contributed by atoms with E-state index in [0.29, 0.717) is 5.69 Å². The topological polar surface area (TPSA) is 111 Å². The van der Waals surface area contributed by atoms with Crippen LogP contribution >= 0.6 is 11.3 Å². The van der Waals surface area contributed by atoms with Gasteiger partial charge in [0.05, 0.1) is 29.6 Å². The van der Waals surface area contributed by atoms with Gasteiger partial charge in [0.2, 0.25) is 16.0 Å². The maximum atomic E-state index is 11.9. The number of nitrogens with two attached hydrogens (primary N) is 1. The summed E-state index contributed by atoms with van der Waals surface area (Å²) in [4.78, 5) is 11.4. The van der Waals surface area contributed by atoms with E-state index in [-0.39, 0.29) is 17.4 Å². The molecule has 0 aliphatic heterocycles. The van der Waals surface area contributed by atoms with Crippen LogP contribution in [0, 0.1) is 6.92 Å². The van der Waals surface area contributed by atoms with Crippen LogP contribution in [-0.2, 0) is 16.6 Å². The molecule has 0 aliphatic rings. The van der Waals surface area contributed by atoms with E-state index in [1.807, 2.05) is 6.92 Å². The standard InChI is InChI=1S/C9H11N5O2S2/c1-6-14-7(5-17-6)2-13-18(15,16)8-3-11-9(10)12-4-8/h3-5,13H,2H2,1H3,(H2,10,11,12). The van der Waals surface area contributed by atoms with E-state index in [4.69, 9.17) is 5.73 Å². The fourth-order valence-electron chi connectivity index (χ4n) is 1.21. The minimum absolute atomic E-state index is 0.0244.